The number of rotatable bonds is 6. The van der Waals surface area contributed by atoms with Crippen LogP contribution in [0.2, 0.25) is 0 Å². The summed E-state index contributed by atoms with van der Waals surface area (Å²) < 4.78 is 10.9. The molecule has 1 N–H and O–H groups in total. The van der Waals surface area contributed by atoms with Crippen molar-refractivity contribution in [1.82, 2.24) is 15.1 Å². The van der Waals surface area contributed by atoms with Gasteiger partial charge in [0.25, 0.3) is 5.91 Å². The topological polar surface area (TPSA) is 79.8 Å². The van der Waals surface area contributed by atoms with Crippen molar-refractivity contribution >= 4 is 17.5 Å². The van der Waals surface area contributed by atoms with E-state index in [1.165, 1.54) is 0 Å². The minimum Gasteiger partial charge on any atom is -0.496 e. The number of aromatic nitrogens is 2. The van der Waals surface area contributed by atoms with E-state index in [1.54, 1.807) is 13.2 Å². The summed E-state index contributed by atoms with van der Waals surface area (Å²) in [5, 5.41) is 11.9. The van der Waals surface area contributed by atoms with Gasteiger partial charge in [0, 0.05) is 39.3 Å². The molecule has 0 unspecified atom stereocenters. The van der Waals surface area contributed by atoms with Gasteiger partial charge in [-0.1, -0.05) is 12.1 Å². The van der Waals surface area contributed by atoms with Crippen molar-refractivity contribution in [2.24, 2.45) is 0 Å². The van der Waals surface area contributed by atoms with E-state index in [2.05, 4.69) is 20.4 Å². The Kier molecular flexibility index (Phi) is 6.09. The molecule has 1 atom stereocenters. The summed E-state index contributed by atoms with van der Waals surface area (Å²) in [6.07, 6.45) is 2.49. The van der Waals surface area contributed by atoms with Crippen molar-refractivity contribution in [3.63, 3.8) is 0 Å². The van der Waals surface area contributed by atoms with Gasteiger partial charge in [-0.15, -0.1) is 10.2 Å². The third-order valence-corrected chi connectivity index (χ3v) is 5.41. The normalized spacial score (nSPS) is 19.3. The van der Waals surface area contributed by atoms with E-state index >= 15 is 0 Å². The monoisotopic (exact) mass is 397 g/mol. The molecule has 0 radical (unpaired) electrons. The number of piperazine rings is 1. The fraction of sp³-hybridized carbons (Fsp3) is 0.476. The lowest BCUT2D eigenvalue weighted by Crippen LogP contribution is -2.49. The number of hydrogen-bond donors (Lipinski definition) is 1. The van der Waals surface area contributed by atoms with Crippen LogP contribution in [0, 0.1) is 0 Å². The SMILES string of the molecule is COc1ccccc1C(=O)N1CCN(c2ccc(NC[C@@H]3CCCO3)nn2)CC1. The second kappa shape index (κ2) is 9.09. The first kappa shape index (κ1) is 19.4. The highest BCUT2D eigenvalue weighted by atomic mass is 16.5. The summed E-state index contributed by atoms with van der Waals surface area (Å²) in [5.41, 5.74) is 0.602. The highest BCUT2D eigenvalue weighted by molar-refractivity contribution is 5.97. The molecule has 0 spiro atoms. The molecule has 0 saturated carbocycles. The van der Waals surface area contributed by atoms with Crippen LogP contribution in [0.4, 0.5) is 11.6 Å². The molecule has 1 aromatic carbocycles. The Hall–Kier alpha value is -2.87. The van der Waals surface area contributed by atoms with Gasteiger partial charge < -0.3 is 24.6 Å². The number of benzene rings is 1. The van der Waals surface area contributed by atoms with Crippen LogP contribution in [0.3, 0.4) is 0 Å². The first-order valence-electron chi connectivity index (χ1n) is 10.1. The Morgan fingerprint density at radius 1 is 1.17 bits per heavy atom. The van der Waals surface area contributed by atoms with E-state index in [0.717, 1.165) is 50.7 Å². The average Bonchev–Trinajstić information content (AvgIpc) is 3.31. The van der Waals surface area contributed by atoms with Gasteiger partial charge in [-0.25, -0.2) is 0 Å². The number of amides is 1. The van der Waals surface area contributed by atoms with Crippen LogP contribution in [0.15, 0.2) is 36.4 Å². The van der Waals surface area contributed by atoms with Crippen LogP contribution < -0.4 is 15.0 Å². The Labute approximate surface area is 170 Å². The minimum absolute atomic E-state index is 0.00173. The maximum absolute atomic E-state index is 12.8. The standard InChI is InChI=1S/C21H27N5O3/c1-28-18-7-3-2-6-17(18)21(27)26-12-10-25(11-13-26)20-9-8-19(23-24-20)22-15-16-5-4-14-29-16/h2-3,6-9,16H,4-5,10-15H2,1H3,(H,22,23)/t16-/m0/s1. The Morgan fingerprint density at radius 2 is 2.00 bits per heavy atom. The molecule has 3 heterocycles. The molecule has 29 heavy (non-hydrogen) atoms. The van der Waals surface area contributed by atoms with Gasteiger partial charge >= 0.3 is 0 Å². The highest BCUT2D eigenvalue weighted by Crippen LogP contribution is 2.21. The van der Waals surface area contributed by atoms with Crippen LogP contribution in [-0.4, -0.2) is 73.5 Å². The molecule has 4 rings (SSSR count). The van der Waals surface area contributed by atoms with Crippen LogP contribution in [0.5, 0.6) is 5.75 Å². The number of carbonyl (C=O) groups is 1. The third-order valence-electron chi connectivity index (χ3n) is 5.41. The van der Waals surface area contributed by atoms with E-state index in [0.29, 0.717) is 24.4 Å². The van der Waals surface area contributed by atoms with Crippen molar-refractivity contribution in [2.75, 3.05) is 56.7 Å². The van der Waals surface area contributed by atoms with Crippen LogP contribution in [0.1, 0.15) is 23.2 Å². The summed E-state index contributed by atoms with van der Waals surface area (Å²) in [6.45, 7) is 4.33. The second-order valence-corrected chi connectivity index (χ2v) is 7.27. The predicted octanol–water partition coefficient (Wildman–Crippen LogP) is 2.04. The van der Waals surface area contributed by atoms with Gasteiger partial charge in [-0.05, 0) is 37.1 Å². The zero-order chi connectivity index (χ0) is 20.1. The Bertz CT molecular complexity index is 815. The maximum Gasteiger partial charge on any atom is 0.257 e. The Balaban J connectivity index is 1.30. The second-order valence-electron chi connectivity index (χ2n) is 7.27. The fourth-order valence-corrected chi connectivity index (χ4v) is 3.74. The summed E-state index contributed by atoms with van der Waals surface area (Å²) in [4.78, 5) is 16.8. The molecule has 0 aliphatic carbocycles. The quantitative estimate of drug-likeness (QED) is 0.799. The molecule has 2 saturated heterocycles. The number of nitrogens with one attached hydrogen (secondary N) is 1. The highest BCUT2D eigenvalue weighted by Gasteiger charge is 2.25. The van der Waals surface area contributed by atoms with Crippen LogP contribution >= 0.6 is 0 Å². The van der Waals surface area contributed by atoms with Gasteiger partial charge in [0.2, 0.25) is 0 Å². The van der Waals surface area contributed by atoms with Gasteiger partial charge in [-0.2, -0.15) is 0 Å². The van der Waals surface area contributed by atoms with Gasteiger partial charge in [0.15, 0.2) is 5.82 Å². The number of anilines is 2. The van der Waals surface area contributed by atoms with E-state index < -0.39 is 0 Å². The molecule has 0 bridgehead atoms. The molecule has 1 aromatic heterocycles. The zero-order valence-electron chi connectivity index (χ0n) is 16.7. The third kappa shape index (κ3) is 4.59. The molecule has 8 heteroatoms. The molecule has 2 aliphatic rings. The minimum atomic E-state index is 0.00173. The molecule has 2 aliphatic heterocycles. The molecular formula is C21H27N5O3. The van der Waals surface area contributed by atoms with E-state index in [9.17, 15) is 4.79 Å². The van der Waals surface area contributed by atoms with Crippen molar-refractivity contribution in [1.29, 1.82) is 0 Å². The van der Waals surface area contributed by atoms with Crippen molar-refractivity contribution in [3.8, 4) is 5.75 Å². The van der Waals surface area contributed by atoms with Crippen molar-refractivity contribution in [2.45, 2.75) is 18.9 Å². The lowest BCUT2D eigenvalue weighted by atomic mass is 10.1. The van der Waals surface area contributed by atoms with Crippen molar-refractivity contribution in [3.05, 3.63) is 42.0 Å². The smallest absolute Gasteiger partial charge is 0.257 e. The summed E-state index contributed by atoms with van der Waals surface area (Å²) in [6, 6.07) is 11.3. The number of methoxy groups -OCH3 is 1. The lowest BCUT2D eigenvalue weighted by Gasteiger charge is -2.35. The predicted molar refractivity (Wildman–Crippen MR) is 111 cm³/mol. The first-order valence-corrected chi connectivity index (χ1v) is 10.1. The number of carbonyl (C=O) groups excluding carboxylic acids is 1. The van der Waals surface area contributed by atoms with Gasteiger partial charge in [0.1, 0.15) is 11.6 Å². The average molecular weight is 397 g/mol. The van der Waals surface area contributed by atoms with Crippen LogP contribution in [0.25, 0.3) is 0 Å². The number of nitrogens with zero attached hydrogens (tertiary/aromatic N) is 4. The number of para-hydroxylation sites is 1. The molecule has 2 fully saturated rings. The summed E-state index contributed by atoms with van der Waals surface area (Å²) >= 11 is 0. The first-order chi connectivity index (χ1) is 14.2. The number of ether oxygens (including phenoxy) is 2. The van der Waals surface area contributed by atoms with Crippen LogP contribution in [-0.2, 0) is 4.74 Å². The molecular weight excluding hydrogens is 370 g/mol. The van der Waals surface area contributed by atoms with Crippen molar-refractivity contribution < 1.29 is 14.3 Å². The Morgan fingerprint density at radius 3 is 2.69 bits per heavy atom. The van der Waals surface area contributed by atoms with E-state index in [1.807, 2.05) is 35.2 Å². The van der Waals surface area contributed by atoms with E-state index in [4.69, 9.17) is 9.47 Å². The summed E-state index contributed by atoms with van der Waals surface area (Å²) in [5.74, 6) is 2.20. The van der Waals surface area contributed by atoms with E-state index in [-0.39, 0.29) is 12.0 Å². The largest absolute Gasteiger partial charge is 0.496 e. The molecule has 2 aromatic rings. The maximum atomic E-state index is 12.8. The molecule has 1 amide bonds. The summed E-state index contributed by atoms with van der Waals surface area (Å²) in [7, 11) is 1.59. The van der Waals surface area contributed by atoms with Gasteiger partial charge in [-0.3, -0.25) is 4.79 Å². The van der Waals surface area contributed by atoms with Gasteiger partial charge in [0.05, 0.1) is 18.8 Å². The zero-order valence-corrected chi connectivity index (χ0v) is 16.7. The number of hydrogen-bond acceptors (Lipinski definition) is 7. The molecule has 8 nitrogen and oxygen atoms in total. The molecule has 154 valence electrons. The fourth-order valence-electron chi connectivity index (χ4n) is 3.74. The lowest BCUT2D eigenvalue weighted by molar-refractivity contribution is 0.0743.